The number of rotatable bonds is 5. The van der Waals surface area contributed by atoms with Crippen molar-refractivity contribution in [1.29, 1.82) is 0 Å². The summed E-state index contributed by atoms with van der Waals surface area (Å²) in [7, 11) is 2.80. The predicted molar refractivity (Wildman–Crippen MR) is 73.5 cm³/mol. The number of nitro benzene ring substituents is 1. The number of carbonyl (C=O) groups is 1. The smallest absolute Gasteiger partial charge is 0.337 e. The molecule has 1 aliphatic heterocycles. The third-order valence-electron chi connectivity index (χ3n) is 3.29. The number of anilines is 1. The zero-order valence-corrected chi connectivity index (χ0v) is 11.7. The highest BCUT2D eigenvalue weighted by atomic mass is 16.6. The van der Waals surface area contributed by atoms with Crippen LogP contribution in [0.3, 0.4) is 0 Å². The number of esters is 1. The van der Waals surface area contributed by atoms with E-state index in [1.54, 1.807) is 7.11 Å². The minimum absolute atomic E-state index is 0.121. The molecule has 0 unspecified atom stereocenters. The van der Waals surface area contributed by atoms with Crippen LogP contribution in [0.4, 0.5) is 11.4 Å². The topological polar surface area (TPSA) is 99.9 Å². The molecule has 8 nitrogen and oxygen atoms in total. The van der Waals surface area contributed by atoms with Gasteiger partial charge in [-0.05, 0) is 12.1 Å². The van der Waals surface area contributed by atoms with E-state index in [1.165, 1.54) is 25.3 Å². The Labute approximate surface area is 121 Å². The minimum Gasteiger partial charge on any atom is -0.465 e. The molecule has 8 heteroatoms. The number of methoxy groups -OCH3 is 2. The second kappa shape index (κ2) is 6.51. The summed E-state index contributed by atoms with van der Waals surface area (Å²) in [6, 6.07) is 3.80. The van der Waals surface area contributed by atoms with Crippen LogP contribution in [-0.4, -0.2) is 50.5 Å². The molecule has 2 atom stereocenters. The van der Waals surface area contributed by atoms with E-state index < -0.39 is 10.9 Å². The highest BCUT2D eigenvalue weighted by molar-refractivity contribution is 5.91. The Kier molecular flexibility index (Phi) is 4.71. The number of nitrogens with zero attached hydrogens (tertiary/aromatic N) is 1. The van der Waals surface area contributed by atoms with Crippen molar-refractivity contribution in [2.24, 2.45) is 0 Å². The molecular formula is C13H16N2O6. The summed E-state index contributed by atoms with van der Waals surface area (Å²) < 4.78 is 15.1. The van der Waals surface area contributed by atoms with E-state index in [0.29, 0.717) is 13.2 Å². The van der Waals surface area contributed by atoms with Crippen LogP contribution in [0.15, 0.2) is 18.2 Å². The molecule has 0 aromatic heterocycles. The zero-order chi connectivity index (χ0) is 15.4. The lowest BCUT2D eigenvalue weighted by Crippen LogP contribution is -2.33. The molecule has 0 aliphatic carbocycles. The first-order valence-electron chi connectivity index (χ1n) is 6.30. The highest BCUT2D eigenvalue weighted by Crippen LogP contribution is 2.28. The Hall–Kier alpha value is -2.19. The number of hydrogen-bond donors (Lipinski definition) is 1. The average Bonchev–Trinajstić information content (AvgIpc) is 2.93. The summed E-state index contributed by atoms with van der Waals surface area (Å²) in [5, 5.41) is 14.1. The third kappa shape index (κ3) is 3.29. The lowest BCUT2D eigenvalue weighted by atomic mass is 10.1. The van der Waals surface area contributed by atoms with Crippen molar-refractivity contribution in [1.82, 2.24) is 0 Å². The van der Waals surface area contributed by atoms with Crippen molar-refractivity contribution < 1.29 is 23.9 Å². The number of ether oxygens (including phenoxy) is 3. The van der Waals surface area contributed by atoms with E-state index in [1.807, 2.05) is 0 Å². The van der Waals surface area contributed by atoms with Gasteiger partial charge in [-0.25, -0.2) is 4.79 Å². The van der Waals surface area contributed by atoms with Crippen LogP contribution in [-0.2, 0) is 14.2 Å². The summed E-state index contributed by atoms with van der Waals surface area (Å²) in [5.41, 5.74) is 0.350. The first-order valence-corrected chi connectivity index (χ1v) is 6.30. The maximum atomic E-state index is 11.5. The van der Waals surface area contributed by atoms with Crippen molar-refractivity contribution in [2.45, 2.75) is 12.1 Å². The zero-order valence-electron chi connectivity index (χ0n) is 11.7. The van der Waals surface area contributed by atoms with Gasteiger partial charge in [0.15, 0.2) is 0 Å². The average molecular weight is 296 g/mol. The van der Waals surface area contributed by atoms with Crippen LogP contribution in [0.25, 0.3) is 0 Å². The van der Waals surface area contributed by atoms with Gasteiger partial charge in [-0.2, -0.15) is 0 Å². The molecule has 0 amide bonds. The largest absolute Gasteiger partial charge is 0.465 e. The van der Waals surface area contributed by atoms with Crippen molar-refractivity contribution in [3.63, 3.8) is 0 Å². The maximum absolute atomic E-state index is 11.5. The molecule has 114 valence electrons. The monoisotopic (exact) mass is 296 g/mol. The molecule has 0 radical (unpaired) electrons. The molecule has 0 bridgehead atoms. The summed E-state index contributed by atoms with van der Waals surface area (Å²) in [5.74, 6) is -0.557. The molecule has 1 aromatic rings. The Balaban J connectivity index is 2.30. The van der Waals surface area contributed by atoms with Gasteiger partial charge in [-0.3, -0.25) is 10.1 Å². The fourth-order valence-corrected chi connectivity index (χ4v) is 2.16. The number of carbonyl (C=O) groups excluding carboxylic acids is 1. The van der Waals surface area contributed by atoms with Gasteiger partial charge in [0.25, 0.3) is 5.69 Å². The van der Waals surface area contributed by atoms with Crippen LogP contribution >= 0.6 is 0 Å². The van der Waals surface area contributed by atoms with Gasteiger partial charge in [-0.1, -0.05) is 0 Å². The van der Waals surface area contributed by atoms with Crippen molar-refractivity contribution in [3.05, 3.63) is 33.9 Å². The Morgan fingerprint density at radius 1 is 1.43 bits per heavy atom. The summed E-state index contributed by atoms with van der Waals surface area (Å²) >= 11 is 0. The molecule has 1 N–H and O–H groups in total. The SMILES string of the molecule is COC(=O)c1ccc([N+](=O)[O-])c(N[C@@H]2COC[C@@H]2OC)c1. The van der Waals surface area contributed by atoms with Crippen molar-refractivity contribution >= 4 is 17.3 Å². The van der Waals surface area contributed by atoms with Crippen LogP contribution in [0.2, 0.25) is 0 Å². The molecule has 1 aliphatic rings. The summed E-state index contributed by atoms with van der Waals surface area (Å²) in [6.45, 7) is 0.788. The number of hydrogen-bond acceptors (Lipinski definition) is 7. The molecule has 1 saturated heterocycles. The molecule has 1 heterocycles. The fourth-order valence-electron chi connectivity index (χ4n) is 2.16. The second-order valence-corrected chi connectivity index (χ2v) is 4.54. The first kappa shape index (κ1) is 15.2. The molecule has 21 heavy (non-hydrogen) atoms. The van der Waals surface area contributed by atoms with Gasteiger partial charge in [0, 0.05) is 13.2 Å². The number of benzene rings is 1. The number of nitro groups is 1. The van der Waals surface area contributed by atoms with E-state index in [4.69, 9.17) is 9.47 Å². The molecule has 1 fully saturated rings. The van der Waals surface area contributed by atoms with Crippen molar-refractivity contribution in [3.8, 4) is 0 Å². The third-order valence-corrected chi connectivity index (χ3v) is 3.29. The van der Waals surface area contributed by atoms with Crippen LogP contribution in [0.5, 0.6) is 0 Å². The van der Waals surface area contributed by atoms with E-state index in [-0.39, 0.29) is 29.1 Å². The van der Waals surface area contributed by atoms with Crippen LogP contribution < -0.4 is 5.32 Å². The van der Waals surface area contributed by atoms with E-state index in [0.717, 1.165) is 0 Å². The van der Waals surface area contributed by atoms with Gasteiger partial charge in [0.05, 0.1) is 36.9 Å². The van der Waals surface area contributed by atoms with Crippen LogP contribution in [0, 0.1) is 10.1 Å². The standard InChI is InChI=1S/C13H16N2O6/c1-19-12-7-21-6-10(12)14-9-5-8(13(16)20-2)3-4-11(9)15(17)18/h3-5,10,12,14H,6-7H2,1-2H3/t10-,12+/m1/s1. The van der Waals surface area contributed by atoms with Crippen LogP contribution in [0.1, 0.15) is 10.4 Å². The predicted octanol–water partition coefficient (Wildman–Crippen LogP) is 1.21. The van der Waals surface area contributed by atoms with Gasteiger partial charge in [-0.15, -0.1) is 0 Å². The minimum atomic E-state index is -0.557. The van der Waals surface area contributed by atoms with E-state index in [9.17, 15) is 14.9 Å². The molecular weight excluding hydrogens is 280 g/mol. The summed E-state index contributed by atoms with van der Waals surface area (Å²) in [4.78, 5) is 22.1. The number of nitrogens with one attached hydrogen (secondary N) is 1. The maximum Gasteiger partial charge on any atom is 0.337 e. The molecule has 0 saturated carbocycles. The quantitative estimate of drug-likeness (QED) is 0.495. The second-order valence-electron chi connectivity index (χ2n) is 4.54. The summed E-state index contributed by atoms with van der Waals surface area (Å²) in [6.07, 6.45) is -0.202. The lowest BCUT2D eigenvalue weighted by molar-refractivity contribution is -0.384. The van der Waals surface area contributed by atoms with Gasteiger partial charge >= 0.3 is 5.97 Å². The Bertz CT molecular complexity index is 547. The van der Waals surface area contributed by atoms with Crippen molar-refractivity contribution in [2.75, 3.05) is 32.8 Å². The lowest BCUT2D eigenvalue weighted by Gasteiger charge is -2.19. The van der Waals surface area contributed by atoms with Gasteiger partial charge < -0.3 is 19.5 Å². The fraction of sp³-hybridized carbons (Fsp3) is 0.462. The molecule has 1 aromatic carbocycles. The van der Waals surface area contributed by atoms with E-state index in [2.05, 4.69) is 10.1 Å². The molecule has 2 rings (SSSR count). The normalized spacial score (nSPS) is 21.0. The Morgan fingerprint density at radius 2 is 2.19 bits per heavy atom. The van der Waals surface area contributed by atoms with Gasteiger partial charge in [0.1, 0.15) is 11.8 Å². The highest BCUT2D eigenvalue weighted by Gasteiger charge is 2.30. The Morgan fingerprint density at radius 3 is 2.81 bits per heavy atom. The van der Waals surface area contributed by atoms with E-state index >= 15 is 0 Å². The first-order chi connectivity index (χ1) is 10.1. The molecule has 0 spiro atoms. The van der Waals surface area contributed by atoms with Gasteiger partial charge in [0.2, 0.25) is 0 Å².